The molecule has 3 nitrogen and oxygen atoms in total. The van der Waals surface area contributed by atoms with Crippen molar-refractivity contribution in [1.29, 1.82) is 0 Å². The van der Waals surface area contributed by atoms with Crippen molar-refractivity contribution in [2.24, 2.45) is 0 Å². The molecule has 0 aliphatic carbocycles. The summed E-state index contributed by atoms with van der Waals surface area (Å²) < 4.78 is 6.31. The Hall–Kier alpha value is -3.04. The summed E-state index contributed by atoms with van der Waals surface area (Å²) in [5.74, 6) is 0. The molecule has 3 heteroatoms. The number of hydrogen-bond donors (Lipinski definition) is 0. The molecule has 0 N–H and O–H groups in total. The van der Waals surface area contributed by atoms with Gasteiger partial charge in [0.15, 0.2) is 0 Å². The Morgan fingerprint density at radius 1 is 0.600 bits per heavy atom. The van der Waals surface area contributed by atoms with E-state index in [4.69, 9.17) is 4.74 Å². The SMILES string of the molecule is C1=CN(c2ccccc2)C(OCc2ccccc2)N1c1ccccc1. The second-order valence-corrected chi connectivity index (χ2v) is 5.91. The first-order chi connectivity index (χ1) is 12.4. The van der Waals surface area contributed by atoms with Crippen molar-refractivity contribution in [2.75, 3.05) is 9.80 Å². The van der Waals surface area contributed by atoms with Crippen molar-refractivity contribution in [1.82, 2.24) is 0 Å². The lowest BCUT2D eigenvalue weighted by Gasteiger charge is -2.32. The minimum absolute atomic E-state index is 0.218. The van der Waals surface area contributed by atoms with Crippen LogP contribution in [0.1, 0.15) is 5.56 Å². The first-order valence-electron chi connectivity index (χ1n) is 8.42. The van der Waals surface area contributed by atoms with Crippen molar-refractivity contribution in [2.45, 2.75) is 13.0 Å². The van der Waals surface area contributed by atoms with Crippen molar-refractivity contribution >= 4 is 11.4 Å². The molecule has 0 aromatic heterocycles. The summed E-state index contributed by atoms with van der Waals surface area (Å²) in [4.78, 5) is 4.30. The maximum absolute atomic E-state index is 6.31. The monoisotopic (exact) mass is 328 g/mol. The van der Waals surface area contributed by atoms with Gasteiger partial charge in [-0.1, -0.05) is 66.7 Å². The number of benzene rings is 3. The Balaban J connectivity index is 1.60. The van der Waals surface area contributed by atoms with Gasteiger partial charge in [0.2, 0.25) is 6.35 Å². The molecule has 0 saturated heterocycles. The van der Waals surface area contributed by atoms with E-state index < -0.39 is 0 Å². The van der Waals surface area contributed by atoms with Gasteiger partial charge >= 0.3 is 0 Å². The van der Waals surface area contributed by atoms with Gasteiger partial charge in [0.05, 0.1) is 6.61 Å². The molecule has 0 fully saturated rings. The topological polar surface area (TPSA) is 15.7 Å². The van der Waals surface area contributed by atoms with Gasteiger partial charge in [0.1, 0.15) is 0 Å². The number of rotatable bonds is 5. The molecule has 0 saturated carbocycles. The average Bonchev–Trinajstić information content (AvgIpc) is 3.12. The standard InChI is InChI=1S/C22H20N2O/c1-4-10-19(11-5-1)18-25-22-23(20-12-6-2-7-13-20)16-17-24(22)21-14-8-3-9-15-21/h1-17,22H,18H2. The van der Waals surface area contributed by atoms with E-state index in [-0.39, 0.29) is 6.35 Å². The lowest BCUT2D eigenvalue weighted by Crippen LogP contribution is -2.41. The zero-order chi connectivity index (χ0) is 16.9. The van der Waals surface area contributed by atoms with E-state index in [9.17, 15) is 0 Å². The number of hydrogen-bond acceptors (Lipinski definition) is 3. The van der Waals surface area contributed by atoms with Crippen LogP contribution in [0.15, 0.2) is 103 Å². The number of ether oxygens (including phenoxy) is 1. The van der Waals surface area contributed by atoms with E-state index in [1.807, 2.05) is 54.6 Å². The smallest absolute Gasteiger partial charge is 0.218 e. The van der Waals surface area contributed by atoms with Crippen LogP contribution >= 0.6 is 0 Å². The highest BCUT2D eigenvalue weighted by atomic mass is 16.5. The average molecular weight is 328 g/mol. The Morgan fingerprint density at radius 2 is 1.04 bits per heavy atom. The first kappa shape index (κ1) is 15.5. The van der Waals surface area contributed by atoms with Crippen molar-refractivity contribution in [3.8, 4) is 0 Å². The Labute approximate surface area is 148 Å². The Bertz CT molecular complexity index is 769. The third-order valence-corrected chi connectivity index (χ3v) is 4.21. The largest absolute Gasteiger partial charge is 0.335 e. The highest BCUT2D eigenvalue weighted by Crippen LogP contribution is 2.30. The highest BCUT2D eigenvalue weighted by molar-refractivity contribution is 5.60. The molecule has 0 atom stereocenters. The molecule has 0 radical (unpaired) electrons. The van der Waals surface area contributed by atoms with Crippen molar-refractivity contribution in [3.05, 3.63) is 109 Å². The predicted molar refractivity (Wildman–Crippen MR) is 102 cm³/mol. The maximum Gasteiger partial charge on any atom is 0.218 e. The zero-order valence-corrected chi connectivity index (χ0v) is 13.9. The van der Waals surface area contributed by atoms with E-state index in [2.05, 4.69) is 58.6 Å². The van der Waals surface area contributed by atoms with Gasteiger partial charge in [-0.15, -0.1) is 0 Å². The van der Waals surface area contributed by atoms with E-state index in [0.29, 0.717) is 6.61 Å². The van der Waals surface area contributed by atoms with E-state index >= 15 is 0 Å². The molecule has 0 unspecified atom stereocenters. The minimum Gasteiger partial charge on any atom is -0.335 e. The van der Waals surface area contributed by atoms with Crippen LogP contribution in [0, 0.1) is 0 Å². The summed E-state index contributed by atoms with van der Waals surface area (Å²) in [5.41, 5.74) is 3.38. The molecule has 0 amide bonds. The molecule has 1 heterocycles. The van der Waals surface area contributed by atoms with Gasteiger partial charge in [-0.05, 0) is 29.8 Å². The predicted octanol–water partition coefficient (Wildman–Crippen LogP) is 4.98. The van der Waals surface area contributed by atoms with Gasteiger partial charge in [-0.2, -0.15) is 0 Å². The lowest BCUT2D eigenvalue weighted by atomic mass is 10.2. The molecule has 3 aromatic rings. The lowest BCUT2D eigenvalue weighted by molar-refractivity contribution is 0.0522. The van der Waals surface area contributed by atoms with Gasteiger partial charge in [-0.25, -0.2) is 0 Å². The van der Waals surface area contributed by atoms with Crippen LogP contribution < -0.4 is 9.80 Å². The van der Waals surface area contributed by atoms with E-state index in [1.165, 1.54) is 0 Å². The summed E-state index contributed by atoms with van der Waals surface area (Å²) in [7, 11) is 0. The van der Waals surface area contributed by atoms with Gasteiger partial charge in [0, 0.05) is 23.8 Å². The quantitative estimate of drug-likeness (QED) is 0.656. The number of para-hydroxylation sites is 2. The fourth-order valence-corrected chi connectivity index (χ4v) is 2.96. The van der Waals surface area contributed by atoms with Gasteiger partial charge < -0.3 is 14.5 Å². The number of nitrogens with zero attached hydrogens (tertiary/aromatic N) is 2. The number of anilines is 2. The second-order valence-electron chi connectivity index (χ2n) is 5.91. The van der Waals surface area contributed by atoms with Crippen LogP contribution in [0.25, 0.3) is 0 Å². The van der Waals surface area contributed by atoms with Crippen LogP contribution in [0.2, 0.25) is 0 Å². The van der Waals surface area contributed by atoms with Crippen LogP contribution in [0.3, 0.4) is 0 Å². The van der Waals surface area contributed by atoms with Gasteiger partial charge in [-0.3, -0.25) is 0 Å². The van der Waals surface area contributed by atoms with Crippen LogP contribution in [-0.4, -0.2) is 6.35 Å². The molecule has 0 spiro atoms. The Morgan fingerprint density at radius 3 is 1.52 bits per heavy atom. The molecular formula is C22H20N2O. The molecular weight excluding hydrogens is 308 g/mol. The second kappa shape index (κ2) is 7.24. The zero-order valence-electron chi connectivity index (χ0n) is 13.9. The fourth-order valence-electron chi connectivity index (χ4n) is 2.96. The molecule has 124 valence electrons. The first-order valence-corrected chi connectivity index (χ1v) is 8.42. The molecule has 0 bridgehead atoms. The van der Waals surface area contributed by atoms with Crippen molar-refractivity contribution < 1.29 is 4.74 Å². The van der Waals surface area contributed by atoms with Gasteiger partial charge in [0.25, 0.3) is 0 Å². The molecule has 25 heavy (non-hydrogen) atoms. The normalized spacial score (nSPS) is 14.2. The molecule has 1 aliphatic heterocycles. The van der Waals surface area contributed by atoms with Crippen LogP contribution in [-0.2, 0) is 11.3 Å². The van der Waals surface area contributed by atoms with E-state index in [1.54, 1.807) is 0 Å². The van der Waals surface area contributed by atoms with Crippen molar-refractivity contribution in [3.63, 3.8) is 0 Å². The summed E-state index contributed by atoms with van der Waals surface area (Å²) in [6.07, 6.45) is 3.92. The highest BCUT2D eigenvalue weighted by Gasteiger charge is 2.29. The van der Waals surface area contributed by atoms with Crippen LogP contribution in [0.4, 0.5) is 11.4 Å². The third kappa shape index (κ3) is 3.42. The third-order valence-electron chi connectivity index (χ3n) is 4.21. The Kier molecular flexibility index (Phi) is 4.49. The summed E-state index contributed by atoms with van der Waals surface area (Å²) in [6.45, 7) is 0.555. The minimum atomic E-state index is -0.218. The fraction of sp³-hybridized carbons (Fsp3) is 0.0909. The van der Waals surface area contributed by atoms with Crippen LogP contribution in [0.5, 0.6) is 0 Å². The van der Waals surface area contributed by atoms with E-state index in [0.717, 1.165) is 16.9 Å². The molecule has 3 aromatic carbocycles. The summed E-state index contributed by atoms with van der Waals surface area (Å²) in [5, 5.41) is 0. The molecule has 4 rings (SSSR count). The summed E-state index contributed by atoms with van der Waals surface area (Å²) >= 11 is 0. The maximum atomic E-state index is 6.31. The summed E-state index contributed by atoms with van der Waals surface area (Å²) in [6, 6.07) is 30.9. The molecule has 1 aliphatic rings.